The fourth-order valence-electron chi connectivity index (χ4n) is 1.60. The van der Waals surface area contributed by atoms with Crippen molar-refractivity contribution in [2.75, 3.05) is 26.7 Å². The van der Waals surface area contributed by atoms with Crippen LogP contribution in [0.4, 0.5) is 13.2 Å². The summed E-state index contributed by atoms with van der Waals surface area (Å²) in [5.41, 5.74) is 0.373. The third-order valence-electron chi connectivity index (χ3n) is 2.35. The lowest BCUT2D eigenvalue weighted by molar-refractivity contribution is -0.141. The van der Waals surface area contributed by atoms with Crippen LogP contribution in [0.5, 0.6) is 5.75 Å². The number of carbonyl (C=O) groups is 1. The molecule has 0 heterocycles. The zero-order chi connectivity index (χ0) is 14.5. The summed E-state index contributed by atoms with van der Waals surface area (Å²) < 4.78 is 41.6. The van der Waals surface area contributed by atoms with Gasteiger partial charge in [-0.05, 0) is 38.2 Å². The van der Waals surface area contributed by atoms with Gasteiger partial charge in [-0.15, -0.1) is 0 Å². The highest BCUT2D eigenvalue weighted by atomic mass is 19.4. The number of alkyl halides is 3. The number of carbonyl (C=O) groups excluding carboxylic acids is 1. The van der Waals surface area contributed by atoms with Gasteiger partial charge < -0.3 is 4.74 Å². The van der Waals surface area contributed by atoms with Crippen molar-refractivity contribution in [2.45, 2.75) is 13.1 Å². The van der Waals surface area contributed by atoms with Crippen LogP contribution in [0.1, 0.15) is 17.3 Å². The minimum absolute atomic E-state index is 0.270. The molecule has 0 saturated heterocycles. The average Bonchev–Trinajstić information content (AvgIpc) is 2.27. The second-order valence-corrected chi connectivity index (χ2v) is 4.17. The van der Waals surface area contributed by atoms with Crippen LogP contribution in [0.3, 0.4) is 0 Å². The van der Waals surface area contributed by atoms with Crippen molar-refractivity contribution in [1.82, 2.24) is 4.90 Å². The summed E-state index contributed by atoms with van der Waals surface area (Å²) in [6.07, 6.45) is -4.30. The number of Topliss-reactive ketones (excluding diaryl/α,β-unsaturated/α-hetero) is 1. The van der Waals surface area contributed by atoms with Crippen molar-refractivity contribution in [1.29, 1.82) is 0 Å². The SMILES string of the molecule is CCOc1ccc(C(=O)CN(C)CC(F)(F)F)cc1. The molecule has 3 nitrogen and oxygen atoms in total. The summed E-state index contributed by atoms with van der Waals surface area (Å²) in [7, 11) is 1.26. The summed E-state index contributed by atoms with van der Waals surface area (Å²) in [4.78, 5) is 12.7. The molecule has 0 atom stereocenters. The number of benzene rings is 1. The second-order valence-electron chi connectivity index (χ2n) is 4.17. The van der Waals surface area contributed by atoms with E-state index in [1.54, 1.807) is 24.3 Å². The first kappa shape index (κ1) is 15.5. The fraction of sp³-hybridized carbons (Fsp3) is 0.462. The van der Waals surface area contributed by atoms with E-state index in [0.29, 0.717) is 17.9 Å². The van der Waals surface area contributed by atoms with Crippen molar-refractivity contribution >= 4 is 5.78 Å². The van der Waals surface area contributed by atoms with Gasteiger partial charge >= 0.3 is 6.18 Å². The lowest BCUT2D eigenvalue weighted by Gasteiger charge is -2.17. The highest BCUT2D eigenvalue weighted by molar-refractivity contribution is 5.97. The normalized spacial score (nSPS) is 11.7. The lowest BCUT2D eigenvalue weighted by atomic mass is 10.1. The van der Waals surface area contributed by atoms with E-state index < -0.39 is 12.7 Å². The van der Waals surface area contributed by atoms with E-state index in [0.717, 1.165) is 4.90 Å². The van der Waals surface area contributed by atoms with E-state index in [2.05, 4.69) is 0 Å². The molecule has 0 aliphatic rings. The molecule has 0 saturated carbocycles. The maximum Gasteiger partial charge on any atom is 0.401 e. The molecule has 0 unspecified atom stereocenters. The summed E-state index contributed by atoms with van der Waals surface area (Å²) in [5.74, 6) is 0.275. The number of ketones is 1. The predicted molar refractivity (Wildman–Crippen MR) is 65.5 cm³/mol. The van der Waals surface area contributed by atoms with Gasteiger partial charge in [-0.3, -0.25) is 9.69 Å². The van der Waals surface area contributed by atoms with Gasteiger partial charge in [0.1, 0.15) is 5.75 Å². The molecule has 0 spiro atoms. The molecule has 6 heteroatoms. The highest BCUT2D eigenvalue weighted by Gasteiger charge is 2.29. The van der Waals surface area contributed by atoms with Crippen molar-refractivity contribution in [3.8, 4) is 5.75 Å². The predicted octanol–water partition coefficient (Wildman–Crippen LogP) is 2.76. The number of hydrogen-bond donors (Lipinski definition) is 0. The van der Waals surface area contributed by atoms with Crippen LogP contribution in [0, 0.1) is 0 Å². The van der Waals surface area contributed by atoms with E-state index in [1.165, 1.54) is 7.05 Å². The molecule has 0 aliphatic heterocycles. The molecular weight excluding hydrogens is 259 g/mol. The second kappa shape index (κ2) is 6.56. The molecule has 19 heavy (non-hydrogen) atoms. The largest absolute Gasteiger partial charge is 0.494 e. The molecule has 0 bridgehead atoms. The Kier molecular flexibility index (Phi) is 5.35. The summed E-state index contributed by atoms with van der Waals surface area (Å²) in [5, 5.41) is 0. The molecule has 0 fully saturated rings. The van der Waals surface area contributed by atoms with Gasteiger partial charge in [-0.1, -0.05) is 0 Å². The number of rotatable bonds is 6. The Morgan fingerprint density at radius 2 is 1.84 bits per heavy atom. The Morgan fingerprint density at radius 3 is 2.32 bits per heavy atom. The molecule has 0 aromatic heterocycles. The Morgan fingerprint density at radius 1 is 1.26 bits per heavy atom. The number of nitrogens with zero attached hydrogens (tertiary/aromatic N) is 1. The van der Waals surface area contributed by atoms with E-state index in [4.69, 9.17) is 4.74 Å². The van der Waals surface area contributed by atoms with Gasteiger partial charge in [-0.2, -0.15) is 13.2 Å². The number of likely N-dealkylation sites (N-methyl/N-ethyl adjacent to an activating group) is 1. The minimum Gasteiger partial charge on any atom is -0.494 e. The van der Waals surface area contributed by atoms with Gasteiger partial charge in [-0.25, -0.2) is 0 Å². The summed E-state index contributed by atoms with van der Waals surface area (Å²) in [6.45, 7) is 0.982. The molecule has 0 aliphatic carbocycles. The Hall–Kier alpha value is -1.56. The zero-order valence-electron chi connectivity index (χ0n) is 10.8. The van der Waals surface area contributed by atoms with E-state index >= 15 is 0 Å². The molecule has 1 aromatic rings. The van der Waals surface area contributed by atoms with Crippen LogP contribution in [0.25, 0.3) is 0 Å². The third kappa shape index (κ3) is 5.74. The van der Waals surface area contributed by atoms with Gasteiger partial charge in [0.05, 0.1) is 19.7 Å². The first-order valence-corrected chi connectivity index (χ1v) is 5.83. The van der Waals surface area contributed by atoms with E-state index in [-0.39, 0.29) is 12.3 Å². The standard InChI is InChI=1S/C13H16F3NO2/c1-3-19-11-6-4-10(5-7-11)12(18)8-17(2)9-13(14,15)16/h4-7H,3,8-9H2,1-2H3. The first-order chi connectivity index (χ1) is 8.81. The summed E-state index contributed by atoms with van der Waals surface area (Å²) in [6, 6.07) is 6.35. The summed E-state index contributed by atoms with van der Waals surface area (Å²) >= 11 is 0. The topological polar surface area (TPSA) is 29.5 Å². The van der Waals surface area contributed by atoms with Crippen molar-refractivity contribution < 1.29 is 22.7 Å². The maximum atomic E-state index is 12.1. The van der Waals surface area contributed by atoms with Crippen LogP contribution >= 0.6 is 0 Å². The molecule has 0 N–H and O–H groups in total. The Balaban J connectivity index is 2.58. The van der Waals surface area contributed by atoms with Crippen LogP contribution in [0.15, 0.2) is 24.3 Å². The van der Waals surface area contributed by atoms with Crippen molar-refractivity contribution in [3.05, 3.63) is 29.8 Å². The number of halogens is 3. The molecule has 0 radical (unpaired) electrons. The van der Waals surface area contributed by atoms with Crippen LogP contribution < -0.4 is 4.74 Å². The van der Waals surface area contributed by atoms with E-state index in [1.807, 2.05) is 6.92 Å². The molecular formula is C13H16F3NO2. The first-order valence-electron chi connectivity index (χ1n) is 5.83. The quantitative estimate of drug-likeness (QED) is 0.748. The van der Waals surface area contributed by atoms with Crippen LogP contribution in [0.2, 0.25) is 0 Å². The third-order valence-corrected chi connectivity index (χ3v) is 2.35. The van der Waals surface area contributed by atoms with Gasteiger partial charge in [0.2, 0.25) is 0 Å². The number of hydrogen-bond acceptors (Lipinski definition) is 3. The monoisotopic (exact) mass is 275 g/mol. The highest BCUT2D eigenvalue weighted by Crippen LogP contribution is 2.16. The molecule has 1 rings (SSSR count). The van der Waals surface area contributed by atoms with Gasteiger partial charge in [0, 0.05) is 5.56 Å². The minimum atomic E-state index is -4.30. The lowest BCUT2D eigenvalue weighted by Crippen LogP contribution is -2.34. The van der Waals surface area contributed by atoms with Gasteiger partial charge in [0.15, 0.2) is 5.78 Å². The van der Waals surface area contributed by atoms with Gasteiger partial charge in [0.25, 0.3) is 0 Å². The van der Waals surface area contributed by atoms with Crippen LogP contribution in [-0.2, 0) is 0 Å². The molecule has 0 amide bonds. The molecule has 106 valence electrons. The van der Waals surface area contributed by atoms with Crippen molar-refractivity contribution in [3.63, 3.8) is 0 Å². The smallest absolute Gasteiger partial charge is 0.401 e. The maximum absolute atomic E-state index is 12.1. The number of ether oxygens (including phenoxy) is 1. The van der Waals surface area contributed by atoms with Crippen LogP contribution in [-0.4, -0.2) is 43.6 Å². The Bertz CT molecular complexity index is 415. The average molecular weight is 275 g/mol. The fourth-order valence-corrected chi connectivity index (χ4v) is 1.60. The van der Waals surface area contributed by atoms with Crippen molar-refractivity contribution in [2.24, 2.45) is 0 Å². The molecule has 1 aromatic carbocycles. The zero-order valence-corrected chi connectivity index (χ0v) is 10.8. The van der Waals surface area contributed by atoms with E-state index in [9.17, 15) is 18.0 Å². The Labute approximate surface area is 110 Å².